The second-order valence-corrected chi connectivity index (χ2v) is 10.7. The first-order chi connectivity index (χ1) is 16.4. The highest BCUT2D eigenvalue weighted by Crippen LogP contribution is 2.27. The summed E-state index contributed by atoms with van der Waals surface area (Å²) in [5, 5.41) is 0. The van der Waals surface area contributed by atoms with Crippen LogP contribution in [0.1, 0.15) is 32.1 Å². The van der Waals surface area contributed by atoms with Crippen molar-refractivity contribution in [1.82, 2.24) is 14.3 Å². The van der Waals surface area contributed by atoms with E-state index in [-0.39, 0.29) is 29.6 Å². The molecule has 0 unspecified atom stereocenters. The summed E-state index contributed by atoms with van der Waals surface area (Å²) in [6.07, 6.45) is 5.55. The van der Waals surface area contributed by atoms with Gasteiger partial charge in [0.05, 0.1) is 10.6 Å². The lowest BCUT2D eigenvalue weighted by molar-refractivity contribution is -0.121. The molecule has 3 saturated heterocycles. The van der Waals surface area contributed by atoms with Gasteiger partial charge >= 0.3 is 0 Å². The van der Waals surface area contributed by atoms with Crippen molar-refractivity contribution in [2.24, 2.45) is 0 Å². The minimum atomic E-state index is -3.68. The minimum absolute atomic E-state index is 0.151. The standard InChI is InChI=1S/C23H28N6O4S/c30-22-8-9-23(31)29(22)18-4-6-19(7-5-18)34(32,33)28-14-12-27(13-15-28)21-16-20(24-17-25-21)26-10-2-1-3-11-26/h4-7,16-17H,1-3,8-15H2. The summed E-state index contributed by atoms with van der Waals surface area (Å²) in [4.78, 5) is 38.4. The number of piperazine rings is 1. The maximum Gasteiger partial charge on any atom is 0.243 e. The molecule has 3 aliphatic rings. The number of sulfonamides is 1. The molecule has 2 aromatic rings. The van der Waals surface area contributed by atoms with Gasteiger partial charge < -0.3 is 9.80 Å². The van der Waals surface area contributed by atoms with E-state index in [1.807, 2.05) is 6.07 Å². The number of rotatable bonds is 5. The number of imide groups is 1. The summed E-state index contributed by atoms with van der Waals surface area (Å²) in [5.41, 5.74) is 0.407. The number of hydrogen-bond donors (Lipinski definition) is 0. The van der Waals surface area contributed by atoms with Crippen LogP contribution < -0.4 is 14.7 Å². The first-order valence-corrected chi connectivity index (χ1v) is 13.2. The average molecular weight is 485 g/mol. The number of nitrogens with zero attached hydrogens (tertiary/aromatic N) is 6. The number of benzene rings is 1. The van der Waals surface area contributed by atoms with Crippen LogP contribution >= 0.6 is 0 Å². The molecule has 3 fully saturated rings. The molecule has 2 amide bonds. The van der Waals surface area contributed by atoms with E-state index in [9.17, 15) is 18.0 Å². The second-order valence-electron chi connectivity index (χ2n) is 8.79. The van der Waals surface area contributed by atoms with Crippen molar-refractivity contribution in [3.05, 3.63) is 36.7 Å². The third kappa shape index (κ3) is 4.37. The lowest BCUT2D eigenvalue weighted by Gasteiger charge is -2.35. The Labute approximate surface area is 199 Å². The van der Waals surface area contributed by atoms with Gasteiger partial charge in [-0.1, -0.05) is 0 Å². The molecule has 1 aromatic heterocycles. The molecule has 0 radical (unpaired) electrons. The zero-order valence-corrected chi connectivity index (χ0v) is 19.8. The molecule has 0 spiro atoms. The van der Waals surface area contributed by atoms with Crippen LogP contribution in [0, 0.1) is 0 Å². The lowest BCUT2D eigenvalue weighted by Crippen LogP contribution is -2.49. The third-order valence-corrected chi connectivity index (χ3v) is 8.58. The van der Waals surface area contributed by atoms with Gasteiger partial charge in [-0.15, -0.1) is 0 Å². The van der Waals surface area contributed by atoms with Gasteiger partial charge in [0, 0.05) is 58.2 Å². The van der Waals surface area contributed by atoms with Gasteiger partial charge in [0.25, 0.3) is 0 Å². The number of piperidine rings is 1. The fourth-order valence-corrected chi connectivity index (χ4v) is 6.17. The zero-order valence-electron chi connectivity index (χ0n) is 19.0. The number of hydrogen-bond acceptors (Lipinski definition) is 8. The number of carbonyl (C=O) groups excluding carboxylic acids is 2. The summed E-state index contributed by atoms with van der Waals surface area (Å²) < 4.78 is 27.8. The van der Waals surface area contributed by atoms with Crippen LogP contribution in [0.2, 0.25) is 0 Å². The van der Waals surface area contributed by atoms with Gasteiger partial charge in [-0.05, 0) is 43.5 Å². The predicted molar refractivity (Wildman–Crippen MR) is 127 cm³/mol. The van der Waals surface area contributed by atoms with Crippen LogP contribution in [0.4, 0.5) is 17.3 Å². The Morgan fingerprint density at radius 2 is 1.26 bits per heavy atom. The fourth-order valence-electron chi connectivity index (χ4n) is 4.74. The summed E-state index contributed by atoms with van der Waals surface area (Å²) in [6, 6.07) is 7.96. The zero-order chi connectivity index (χ0) is 23.7. The van der Waals surface area contributed by atoms with Crippen LogP contribution in [0.3, 0.4) is 0 Å². The molecule has 10 nitrogen and oxygen atoms in total. The highest BCUT2D eigenvalue weighted by molar-refractivity contribution is 7.89. The highest BCUT2D eigenvalue weighted by Gasteiger charge is 2.32. The third-order valence-electron chi connectivity index (χ3n) is 6.67. The average Bonchev–Trinajstić information content (AvgIpc) is 3.22. The molecule has 0 saturated carbocycles. The minimum Gasteiger partial charge on any atom is -0.356 e. The molecule has 0 bridgehead atoms. The summed E-state index contributed by atoms with van der Waals surface area (Å²) in [6.45, 7) is 3.75. The molecule has 5 rings (SSSR count). The topological polar surface area (TPSA) is 107 Å². The van der Waals surface area contributed by atoms with Crippen LogP contribution in [0.25, 0.3) is 0 Å². The predicted octanol–water partition coefficient (Wildman–Crippen LogP) is 1.63. The second kappa shape index (κ2) is 9.30. The maximum absolute atomic E-state index is 13.2. The van der Waals surface area contributed by atoms with Gasteiger partial charge in [-0.2, -0.15) is 4.31 Å². The Kier molecular flexibility index (Phi) is 6.22. The van der Waals surface area contributed by atoms with E-state index in [0.717, 1.165) is 29.6 Å². The first kappa shape index (κ1) is 22.7. The number of amides is 2. The molecule has 180 valence electrons. The van der Waals surface area contributed by atoms with Gasteiger partial charge in [-0.25, -0.2) is 18.4 Å². The van der Waals surface area contributed by atoms with Crippen LogP contribution in [-0.4, -0.2) is 73.8 Å². The molecule has 3 aliphatic heterocycles. The molecule has 1 aromatic carbocycles. The molecule has 0 aliphatic carbocycles. The molecular weight excluding hydrogens is 456 g/mol. The van der Waals surface area contributed by atoms with Gasteiger partial charge in [0.15, 0.2) is 0 Å². The Bertz CT molecular complexity index is 1160. The van der Waals surface area contributed by atoms with Crippen molar-refractivity contribution in [1.29, 1.82) is 0 Å². The van der Waals surface area contributed by atoms with Gasteiger partial charge in [0.1, 0.15) is 18.0 Å². The van der Waals surface area contributed by atoms with Crippen molar-refractivity contribution in [2.45, 2.75) is 37.0 Å². The summed E-state index contributed by atoms with van der Waals surface area (Å²) in [5.74, 6) is 1.22. The highest BCUT2D eigenvalue weighted by atomic mass is 32.2. The largest absolute Gasteiger partial charge is 0.356 e. The number of aromatic nitrogens is 2. The van der Waals surface area contributed by atoms with E-state index >= 15 is 0 Å². The van der Waals surface area contributed by atoms with Crippen LogP contribution in [-0.2, 0) is 19.6 Å². The SMILES string of the molecule is O=C1CCC(=O)N1c1ccc(S(=O)(=O)N2CCN(c3cc(N4CCCCC4)ncn3)CC2)cc1. The van der Waals surface area contributed by atoms with E-state index in [0.29, 0.717) is 31.9 Å². The summed E-state index contributed by atoms with van der Waals surface area (Å²) >= 11 is 0. The van der Waals surface area contributed by atoms with Gasteiger partial charge in [0.2, 0.25) is 21.8 Å². The van der Waals surface area contributed by atoms with Crippen LogP contribution in [0.15, 0.2) is 41.6 Å². The molecule has 0 N–H and O–H groups in total. The lowest BCUT2D eigenvalue weighted by atomic mass is 10.1. The van der Waals surface area contributed by atoms with E-state index in [4.69, 9.17) is 0 Å². The maximum atomic E-state index is 13.2. The van der Waals surface area contributed by atoms with E-state index in [1.54, 1.807) is 6.33 Å². The van der Waals surface area contributed by atoms with E-state index in [1.165, 1.54) is 47.8 Å². The monoisotopic (exact) mass is 484 g/mol. The fraction of sp³-hybridized carbons (Fsp3) is 0.478. The van der Waals surface area contributed by atoms with E-state index in [2.05, 4.69) is 19.8 Å². The van der Waals surface area contributed by atoms with Crippen molar-refractivity contribution < 1.29 is 18.0 Å². The van der Waals surface area contributed by atoms with E-state index < -0.39 is 10.0 Å². The molecule has 4 heterocycles. The van der Waals surface area contributed by atoms with Gasteiger partial charge in [-0.3, -0.25) is 14.5 Å². The Morgan fingerprint density at radius 1 is 0.706 bits per heavy atom. The number of anilines is 3. The Hall–Kier alpha value is -3.05. The molecular formula is C23H28N6O4S. The summed E-state index contributed by atoms with van der Waals surface area (Å²) in [7, 11) is -3.68. The normalized spacial score (nSPS) is 20.3. The first-order valence-electron chi connectivity index (χ1n) is 11.7. The number of carbonyl (C=O) groups is 2. The molecule has 11 heteroatoms. The molecule has 34 heavy (non-hydrogen) atoms. The smallest absolute Gasteiger partial charge is 0.243 e. The van der Waals surface area contributed by atoms with Crippen molar-refractivity contribution in [3.8, 4) is 0 Å². The van der Waals surface area contributed by atoms with Crippen molar-refractivity contribution in [3.63, 3.8) is 0 Å². The quantitative estimate of drug-likeness (QED) is 0.590. The Balaban J connectivity index is 1.24. The molecule has 0 atom stereocenters. The van der Waals surface area contributed by atoms with Crippen molar-refractivity contribution >= 4 is 39.2 Å². The van der Waals surface area contributed by atoms with Crippen LogP contribution in [0.5, 0.6) is 0 Å². The van der Waals surface area contributed by atoms with Crippen molar-refractivity contribution in [2.75, 3.05) is 54.0 Å². The Morgan fingerprint density at radius 3 is 1.85 bits per heavy atom.